The van der Waals surface area contributed by atoms with E-state index in [0.29, 0.717) is 23.6 Å². The highest BCUT2D eigenvalue weighted by Crippen LogP contribution is 2.39. The Labute approximate surface area is 183 Å². The number of benzene rings is 2. The smallest absolute Gasteiger partial charge is 0.419 e. The second-order valence-corrected chi connectivity index (χ2v) is 7.64. The van der Waals surface area contributed by atoms with Gasteiger partial charge >= 0.3 is 12.1 Å². The molecule has 0 spiro atoms. The molecule has 176 valence electrons. The number of aromatic nitrogens is 2. The van der Waals surface area contributed by atoms with Crippen LogP contribution in [0.3, 0.4) is 0 Å². The summed E-state index contributed by atoms with van der Waals surface area (Å²) in [6.45, 7) is 1.15. The van der Waals surface area contributed by atoms with Crippen LogP contribution in [0.25, 0.3) is 16.6 Å². The number of phenolic OH excluding ortho intramolecular Hbond substituents is 1. The third-order valence-corrected chi connectivity index (χ3v) is 5.70. The summed E-state index contributed by atoms with van der Waals surface area (Å²) in [5, 5.41) is 23.0. The van der Waals surface area contributed by atoms with Gasteiger partial charge in [0.1, 0.15) is 5.69 Å². The van der Waals surface area contributed by atoms with Crippen molar-refractivity contribution in [3.63, 3.8) is 0 Å². The summed E-state index contributed by atoms with van der Waals surface area (Å²) < 4.78 is 74.1. The van der Waals surface area contributed by atoms with Crippen molar-refractivity contribution >= 4 is 22.6 Å². The number of aromatic hydroxyl groups is 1. The van der Waals surface area contributed by atoms with Gasteiger partial charge in [-0.3, -0.25) is 0 Å². The van der Waals surface area contributed by atoms with Crippen LogP contribution in [0, 0.1) is 11.6 Å². The number of carbonyl (C=O) groups is 1. The zero-order chi connectivity index (χ0) is 24.1. The molecule has 0 atom stereocenters. The summed E-state index contributed by atoms with van der Waals surface area (Å²) in [4.78, 5) is 13.7. The van der Waals surface area contributed by atoms with Gasteiger partial charge in [-0.15, -0.1) is 0 Å². The van der Waals surface area contributed by atoms with E-state index in [-0.39, 0.29) is 23.0 Å². The van der Waals surface area contributed by atoms with Crippen LogP contribution in [0.5, 0.6) is 5.75 Å². The molecule has 1 aromatic heterocycles. The zero-order valence-corrected chi connectivity index (χ0v) is 17.2. The van der Waals surface area contributed by atoms with Crippen LogP contribution in [0.2, 0.25) is 0 Å². The average molecular weight is 471 g/mol. The lowest BCUT2D eigenvalue weighted by molar-refractivity contribution is -0.140. The molecule has 0 radical (unpaired) electrons. The lowest BCUT2D eigenvalue weighted by Crippen LogP contribution is -2.36. The van der Waals surface area contributed by atoms with Gasteiger partial charge < -0.3 is 19.8 Å². The molecule has 2 aromatic carbocycles. The lowest BCUT2D eigenvalue weighted by atomic mass is 10.1. The van der Waals surface area contributed by atoms with Gasteiger partial charge in [-0.25, -0.2) is 18.3 Å². The molecule has 2 N–H and O–H groups in total. The Morgan fingerprint density at radius 3 is 2.45 bits per heavy atom. The Morgan fingerprint density at radius 2 is 1.85 bits per heavy atom. The van der Waals surface area contributed by atoms with E-state index in [4.69, 9.17) is 4.74 Å². The molecule has 3 aromatic rings. The minimum atomic E-state index is -5.23. The standard InChI is InChI=1S/C21H18F5N3O4/c1-28(10-4-6-33-7-5-10)11-2-3-14-12(8-11)18(20(31)32)27-29(14)15-9-13(21(24,25)26)16(22)19(30)17(15)23/h2-3,8-10,30H,4-7H2,1H3,(H,31,32). The molecule has 2 heterocycles. The number of anilines is 1. The van der Waals surface area contributed by atoms with E-state index in [2.05, 4.69) is 5.10 Å². The first-order chi connectivity index (χ1) is 15.5. The first-order valence-electron chi connectivity index (χ1n) is 9.86. The van der Waals surface area contributed by atoms with Gasteiger partial charge in [0.05, 0.1) is 11.1 Å². The maximum atomic E-state index is 14.6. The molecular weight excluding hydrogens is 453 g/mol. The number of phenols is 1. The molecule has 4 rings (SSSR count). The van der Waals surface area contributed by atoms with Crippen molar-refractivity contribution in [3.8, 4) is 11.4 Å². The van der Waals surface area contributed by atoms with Gasteiger partial charge in [-0.05, 0) is 37.1 Å². The molecule has 12 heteroatoms. The number of carboxylic acids is 1. The number of rotatable bonds is 4. The van der Waals surface area contributed by atoms with Crippen LogP contribution in [0.15, 0.2) is 24.3 Å². The monoisotopic (exact) mass is 471 g/mol. The molecule has 0 aliphatic carbocycles. The number of ether oxygens (including phenoxy) is 1. The van der Waals surface area contributed by atoms with Gasteiger partial charge in [-0.1, -0.05) is 0 Å². The Kier molecular flexibility index (Phi) is 5.64. The van der Waals surface area contributed by atoms with Crippen molar-refractivity contribution in [2.24, 2.45) is 0 Å². The van der Waals surface area contributed by atoms with Crippen LogP contribution in [-0.4, -0.2) is 52.3 Å². The normalized spacial score (nSPS) is 15.2. The Morgan fingerprint density at radius 1 is 1.18 bits per heavy atom. The topological polar surface area (TPSA) is 87.8 Å². The fourth-order valence-corrected chi connectivity index (χ4v) is 3.92. The number of carboxylic acid groups (broad SMARTS) is 1. The second kappa shape index (κ2) is 8.18. The molecular formula is C21H18F5N3O4. The third kappa shape index (κ3) is 3.94. The van der Waals surface area contributed by atoms with E-state index in [1.807, 2.05) is 11.9 Å². The first-order valence-corrected chi connectivity index (χ1v) is 9.86. The SMILES string of the molecule is CN(c1ccc2c(c1)c(C(=O)O)nn2-c1cc(C(F)(F)F)c(F)c(O)c1F)C1CCOCC1. The summed E-state index contributed by atoms with van der Waals surface area (Å²) in [6, 6.07) is 4.73. The fourth-order valence-electron chi connectivity index (χ4n) is 3.92. The summed E-state index contributed by atoms with van der Waals surface area (Å²) >= 11 is 0. The van der Waals surface area contributed by atoms with E-state index < -0.39 is 46.5 Å². The minimum Gasteiger partial charge on any atom is -0.503 e. The number of hydrogen-bond donors (Lipinski definition) is 2. The second-order valence-electron chi connectivity index (χ2n) is 7.64. The Bertz CT molecular complexity index is 1240. The van der Waals surface area contributed by atoms with Crippen molar-refractivity contribution in [1.29, 1.82) is 0 Å². The van der Waals surface area contributed by atoms with Crippen LogP contribution in [0.4, 0.5) is 27.6 Å². The number of halogens is 5. The van der Waals surface area contributed by atoms with Gasteiger partial charge in [0, 0.05) is 37.4 Å². The predicted octanol–water partition coefficient (Wildman–Crippen LogP) is 4.34. The molecule has 0 amide bonds. The highest BCUT2D eigenvalue weighted by atomic mass is 19.4. The minimum absolute atomic E-state index is 0.0328. The van der Waals surface area contributed by atoms with Gasteiger partial charge in [-0.2, -0.15) is 18.3 Å². The predicted molar refractivity (Wildman–Crippen MR) is 107 cm³/mol. The van der Waals surface area contributed by atoms with E-state index in [9.17, 15) is 37.0 Å². The van der Waals surface area contributed by atoms with Crippen LogP contribution in [0.1, 0.15) is 28.9 Å². The zero-order valence-electron chi connectivity index (χ0n) is 17.2. The average Bonchev–Trinajstić information content (AvgIpc) is 3.16. The van der Waals surface area contributed by atoms with Crippen LogP contribution >= 0.6 is 0 Å². The molecule has 33 heavy (non-hydrogen) atoms. The lowest BCUT2D eigenvalue weighted by Gasteiger charge is -2.33. The number of hydrogen-bond acceptors (Lipinski definition) is 5. The molecule has 1 fully saturated rings. The number of fused-ring (bicyclic) bond motifs is 1. The van der Waals surface area contributed by atoms with Gasteiger partial charge in [0.15, 0.2) is 23.1 Å². The number of aromatic carboxylic acids is 1. The highest BCUT2D eigenvalue weighted by molar-refractivity contribution is 6.02. The highest BCUT2D eigenvalue weighted by Gasteiger charge is 2.38. The molecule has 1 aliphatic heterocycles. The quantitative estimate of drug-likeness (QED) is 0.551. The summed E-state index contributed by atoms with van der Waals surface area (Å²) in [5.41, 5.74) is -2.80. The van der Waals surface area contributed by atoms with Crippen LogP contribution < -0.4 is 4.90 Å². The van der Waals surface area contributed by atoms with Crippen molar-refractivity contribution in [2.75, 3.05) is 25.2 Å². The maximum absolute atomic E-state index is 14.6. The van der Waals surface area contributed by atoms with E-state index in [1.165, 1.54) is 12.1 Å². The van der Waals surface area contributed by atoms with E-state index in [1.54, 1.807) is 6.07 Å². The van der Waals surface area contributed by atoms with Crippen molar-refractivity contribution < 1.29 is 41.7 Å². The fraction of sp³-hybridized carbons (Fsp3) is 0.333. The maximum Gasteiger partial charge on any atom is 0.419 e. The number of alkyl halides is 3. The van der Waals surface area contributed by atoms with E-state index in [0.717, 1.165) is 12.8 Å². The first kappa shape index (κ1) is 22.8. The van der Waals surface area contributed by atoms with E-state index >= 15 is 0 Å². The van der Waals surface area contributed by atoms with Crippen molar-refractivity contribution in [3.05, 3.63) is 47.2 Å². The number of nitrogens with zero attached hydrogens (tertiary/aromatic N) is 3. The molecule has 0 unspecified atom stereocenters. The Hall–Kier alpha value is -3.41. The summed E-state index contributed by atoms with van der Waals surface area (Å²) in [5.74, 6) is -7.20. The molecule has 1 saturated heterocycles. The van der Waals surface area contributed by atoms with Gasteiger partial charge in [0.2, 0.25) is 0 Å². The molecule has 7 nitrogen and oxygen atoms in total. The van der Waals surface area contributed by atoms with Gasteiger partial charge in [0.25, 0.3) is 0 Å². The third-order valence-electron chi connectivity index (χ3n) is 5.70. The molecule has 0 bridgehead atoms. The summed E-state index contributed by atoms with van der Waals surface area (Å²) in [6.07, 6.45) is -3.73. The Balaban J connectivity index is 1.90. The summed E-state index contributed by atoms with van der Waals surface area (Å²) in [7, 11) is 1.81. The molecule has 1 aliphatic rings. The molecule has 0 saturated carbocycles. The largest absolute Gasteiger partial charge is 0.503 e. The van der Waals surface area contributed by atoms with Crippen molar-refractivity contribution in [2.45, 2.75) is 25.1 Å². The van der Waals surface area contributed by atoms with Crippen molar-refractivity contribution in [1.82, 2.24) is 9.78 Å². The van der Waals surface area contributed by atoms with Crippen LogP contribution in [-0.2, 0) is 10.9 Å².